The summed E-state index contributed by atoms with van der Waals surface area (Å²) in [5.41, 5.74) is 0. The first-order valence-electron chi connectivity index (χ1n) is 4.49. The zero-order chi connectivity index (χ0) is 12.0. The third-order valence-corrected chi connectivity index (χ3v) is 2.25. The fourth-order valence-corrected chi connectivity index (χ4v) is 1.54. The lowest BCUT2D eigenvalue weighted by molar-refractivity contribution is 0.158. The number of amides is 1. The molecular weight excluding hydrogens is 341 g/mol. The van der Waals surface area contributed by atoms with Crippen LogP contribution >= 0.6 is 34.8 Å². The summed E-state index contributed by atoms with van der Waals surface area (Å²) in [5, 5.41) is 5.30. The molecule has 5 nitrogen and oxygen atoms in total. The van der Waals surface area contributed by atoms with Crippen LogP contribution < -0.4 is 10.6 Å². The van der Waals surface area contributed by atoms with Gasteiger partial charge in [-0.2, -0.15) is 0 Å². The Balaban J connectivity index is 2.48. The van der Waals surface area contributed by atoms with Crippen molar-refractivity contribution in [1.82, 2.24) is 10.3 Å². The van der Waals surface area contributed by atoms with Gasteiger partial charge in [-0.05, 0) is 53.9 Å². The first-order chi connectivity index (χ1) is 7.61. The molecule has 0 spiro atoms. The number of carbonyl (C=O) groups excluding carboxylic acids is 1. The molecule has 0 bridgehead atoms. The van der Waals surface area contributed by atoms with Crippen molar-refractivity contribution in [2.75, 3.05) is 11.9 Å². The van der Waals surface area contributed by atoms with Crippen LogP contribution in [0.3, 0.4) is 0 Å². The maximum absolute atomic E-state index is 11.0. The number of pyridine rings is 1. The van der Waals surface area contributed by atoms with E-state index in [0.29, 0.717) is 12.4 Å². The first-order valence-corrected chi connectivity index (χ1v) is 5.98. The number of rotatable bonds is 2. The standard InChI is InChI=1S/C9H10IN3O2S/c1-2-15-9(14)13-8(16)12-7-5-3-4-6(10)11-7/h3-5H,2H2,1H3,(H2,11,12,13,14,16). The third kappa shape index (κ3) is 4.71. The van der Waals surface area contributed by atoms with Gasteiger partial charge < -0.3 is 10.1 Å². The molecule has 0 radical (unpaired) electrons. The lowest BCUT2D eigenvalue weighted by atomic mass is 10.5. The highest BCUT2D eigenvalue weighted by Gasteiger charge is 2.04. The summed E-state index contributed by atoms with van der Waals surface area (Å²) in [7, 11) is 0. The van der Waals surface area contributed by atoms with Gasteiger partial charge in [0.25, 0.3) is 0 Å². The summed E-state index contributed by atoms with van der Waals surface area (Å²) in [6.45, 7) is 2.02. The lowest BCUT2D eigenvalue weighted by Crippen LogP contribution is -2.34. The van der Waals surface area contributed by atoms with Gasteiger partial charge in [-0.1, -0.05) is 6.07 Å². The number of ether oxygens (including phenoxy) is 1. The number of hydrogen-bond donors (Lipinski definition) is 2. The summed E-state index contributed by atoms with van der Waals surface area (Å²) >= 11 is 6.99. The zero-order valence-corrected chi connectivity index (χ0v) is 11.5. The molecule has 0 saturated heterocycles. The molecule has 1 heterocycles. The highest BCUT2D eigenvalue weighted by atomic mass is 127. The molecule has 1 amide bonds. The predicted octanol–water partition coefficient (Wildman–Crippen LogP) is 2.13. The Morgan fingerprint density at radius 2 is 2.38 bits per heavy atom. The van der Waals surface area contributed by atoms with Gasteiger partial charge in [0, 0.05) is 0 Å². The second-order valence-electron chi connectivity index (χ2n) is 2.65. The normalized spacial score (nSPS) is 9.38. The molecule has 2 N–H and O–H groups in total. The first kappa shape index (κ1) is 13.1. The van der Waals surface area contributed by atoms with E-state index in [1.54, 1.807) is 13.0 Å². The van der Waals surface area contributed by atoms with Crippen molar-refractivity contribution in [3.8, 4) is 0 Å². The van der Waals surface area contributed by atoms with E-state index in [4.69, 9.17) is 12.2 Å². The Morgan fingerprint density at radius 1 is 1.62 bits per heavy atom. The molecule has 0 aliphatic heterocycles. The van der Waals surface area contributed by atoms with Crippen molar-refractivity contribution in [3.63, 3.8) is 0 Å². The van der Waals surface area contributed by atoms with Gasteiger partial charge in [0.05, 0.1) is 6.61 Å². The minimum atomic E-state index is -0.578. The number of carbonyl (C=O) groups is 1. The van der Waals surface area contributed by atoms with E-state index in [-0.39, 0.29) is 5.11 Å². The van der Waals surface area contributed by atoms with Crippen LogP contribution in [-0.4, -0.2) is 22.8 Å². The number of aromatic nitrogens is 1. The Hall–Kier alpha value is -0.960. The van der Waals surface area contributed by atoms with Crippen LogP contribution in [0.25, 0.3) is 0 Å². The van der Waals surface area contributed by atoms with E-state index < -0.39 is 6.09 Å². The molecule has 0 aliphatic rings. The van der Waals surface area contributed by atoms with Crippen molar-refractivity contribution in [1.29, 1.82) is 0 Å². The summed E-state index contributed by atoms with van der Waals surface area (Å²) in [6, 6.07) is 5.44. The smallest absolute Gasteiger partial charge is 0.413 e. The average molecular weight is 351 g/mol. The second kappa shape index (κ2) is 6.59. The number of halogens is 1. The Labute approximate surface area is 112 Å². The van der Waals surface area contributed by atoms with Crippen molar-refractivity contribution >= 4 is 51.8 Å². The molecule has 0 unspecified atom stereocenters. The number of thiocarbonyl (C=S) groups is 1. The topological polar surface area (TPSA) is 63.2 Å². The van der Waals surface area contributed by atoms with Crippen molar-refractivity contribution in [2.45, 2.75) is 6.92 Å². The number of alkyl carbamates (subject to hydrolysis) is 1. The van der Waals surface area contributed by atoms with E-state index >= 15 is 0 Å². The number of nitrogens with one attached hydrogen (secondary N) is 2. The van der Waals surface area contributed by atoms with Gasteiger partial charge in [0.15, 0.2) is 5.11 Å². The molecule has 0 fully saturated rings. The number of nitrogens with zero attached hydrogens (tertiary/aromatic N) is 1. The maximum Gasteiger partial charge on any atom is 0.413 e. The van der Waals surface area contributed by atoms with Crippen LogP contribution in [0.15, 0.2) is 18.2 Å². The van der Waals surface area contributed by atoms with Gasteiger partial charge in [0.2, 0.25) is 0 Å². The van der Waals surface area contributed by atoms with Crippen LogP contribution in [0.2, 0.25) is 0 Å². The quantitative estimate of drug-likeness (QED) is 0.486. The maximum atomic E-state index is 11.0. The Bertz CT molecular complexity index is 400. The van der Waals surface area contributed by atoms with Crippen LogP contribution in [-0.2, 0) is 4.74 Å². The number of hydrogen-bond acceptors (Lipinski definition) is 4. The molecule has 0 saturated carbocycles. The lowest BCUT2D eigenvalue weighted by Gasteiger charge is -2.08. The molecule has 16 heavy (non-hydrogen) atoms. The molecular formula is C9H10IN3O2S. The molecule has 7 heteroatoms. The van der Waals surface area contributed by atoms with Crippen molar-refractivity contribution in [2.24, 2.45) is 0 Å². The van der Waals surface area contributed by atoms with E-state index in [1.807, 2.05) is 12.1 Å². The largest absolute Gasteiger partial charge is 0.450 e. The molecule has 0 aromatic carbocycles. The SMILES string of the molecule is CCOC(=O)NC(=S)Nc1cccc(I)n1. The number of anilines is 1. The monoisotopic (exact) mass is 351 g/mol. The van der Waals surface area contributed by atoms with Gasteiger partial charge in [0.1, 0.15) is 9.52 Å². The van der Waals surface area contributed by atoms with Crippen LogP contribution in [0.4, 0.5) is 10.6 Å². The highest BCUT2D eigenvalue weighted by Crippen LogP contribution is 2.06. The fraction of sp³-hybridized carbons (Fsp3) is 0.222. The van der Waals surface area contributed by atoms with E-state index in [1.165, 1.54) is 0 Å². The minimum Gasteiger partial charge on any atom is -0.450 e. The van der Waals surface area contributed by atoms with Crippen molar-refractivity contribution < 1.29 is 9.53 Å². The van der Waals surface area contributed by atoms with E-state index in [2.05, 4.69) is 42.9 Å². The molecule has 0 atom stereocenters. The summed E-state index contributed by atoms with van der Waals surface area (Å²) in [6.07, 6.45) is -0.578. The average Bonchev–Trinajstić information content (AvgIpc) is 2.17. The summed E-state index contributed by atoms with van der Waals surface area (Å²) in [4.78, 5) is 15.2. The molecule has 86 valence electrons. The minimum absolute atomic E-state index is 0.160. The van der Waals surface area contributed by atoms with Crippen molar-refractivity contribution in [3.05, 3.63) is 21.9 Å². The summed E-state index contributed by atoms with van der Waals surface area (Å²) < 4.78 is 5.51. The predicted molar refractivity (Wildman–Crippen MR) is 73.3 cm³/mol. The highest BCUT2D eigenvalue weighted by molar-refractivity contribution is 14.1. The Morgan fingerprint density at radius 3 is 3.00 bits per heavy atom. The van der Waals surface area contributed by atoms with Gasteiger partial charge in [-0.3, -0.25) is 5.32 Å². The molecule has 0 aliphatic carbocycles. The molecule has 1 aromatic heterocycles. The molecule has 1 rings (SSSR count). The second-order valence-corrected chi connectivity index (χ2v) is 4.16. The van der Waals surface area contributed by atoms with Gasteiger partial charge in [-0.25, -0.2) is 9.78 Å². The van der Waals surface area contributed by atoms with E-state index in [9.17, 15) is 4.79 Å². The van der Waals surface area contributed by atoms with E-state index in [0.717, 1.165) is 3.70 Å². The van der Waals surface area contributed by atoms with Crippen LogP contribution in [0, 0.1) is 3.70 Å². The fourth-order valence-electron chi connectivity index (χ4n) is 0.885. The molecule has 1 aromatic rings. The van der Waals surface area contributed by atoms with Crippen LogP contribution in [0.1, 0.15) is 6.92 Å². The van der Waals surface area contributed by atoms with Gasteiger partial charge in [-0.15, -0.1) is 0 Å². The zero-order valence-electron chi connectivity index (χ0n) is 8.49. The van der Waals surface area contributed by atoms with Gasteiger partial charge >= 0.3 is 6.09 Å². The third-order valence-electron chi connectivity index (χ3n) is 1.45. The summed E-state index contributed by atoms with van der Waals surface area (Å²) in [5.74, 6) is 0.577. The van der Waals surface area contributed by atoms with Crippen LogP contribution in [0.5, 0.6) is 0 Å². The Kier molecular flexibility index (Phi) is 5.39.